The molecule has 2 rings (SSSR count). The maximum Gasteiger partial charge on any atom is 0.0887 e. The molecule has 0 spiro atoms. The van der Waals surface area contributed by atoms with Crippen LogP contribution in [0.2, 0.25) is 0 Å². The molecule has 0 aromatic carbocycles. The average molecular weight is 365 g/mol. The van der Waals surface area contributed by atoms with Crippen molar-refractivity contribution >= 4 is 45.3 Å². The molecule has 0 aliphatic heterocycles. The van der Waals surface area contributed by atoms with Gasteiger partial charge in [-0.05, 0) is 51.0 Å². The molecular weight excluding hydrogens is 353 g/mol. The van der Waals surface area contributed by atoms with E-state index in [2.05, 4.69) is 22.6 Å². The molecule has 86 valence electrons. The maximum absolute atomic E-state index is 10.3. The molecule has 0 amide bonds. The molecule has 2 aromatic rings. The molecule has 16 heavy (non-hydrogen) atoms. The van der Waals surface area contributed by atoms with E-state index in [1.54, 1.807) is 22.7 Å². The van der Waals surface area contributed by atoms with Crippen molar-refractivity contribution < 1.29 is 5.11 Å². The van der Waals surface area contributed by atoms with Gasteiger partial charge in [0.15, 0.2) is 0 Å². The van der Waals surface area contributed by atoms with Crippen LogP contribution in [0, 0.1) is 2.88 Å². The second kappa shape index (κ2) is 5.59. The van der Waals surface area contributed by atoms with Gasteiger partial charge in [0.05, 0.1) is 8.99 Å². The van der Waals surface area contributed by atoms with E-state index in [1.807, 2.05) is 29.0 Å². The van der Waals surface area contributed by atoms with Gasteiger partial charge >= 0.3 is 0 Å². The second-order valence-corrected chi connectivity index (χ2v) is 7.27. The van der Waals surface area contributed by atoms with Gasteiger partial charge in [-0.15, -0.1) is 22.7 Å². The number of hydrogen-bond donors (Lipinski definition) is 2. The van der Waals surface area contributed by atoms with Crippen molar-refractivity contribution in [3.05, 3.63) is 42.3 Å². The van der Waals surface area contributed by atoms with E-state index < -0.39 is 6.10 Å². The average Bonchev–Trinajstić information content (AvgIpc) is 2.90. The summed E-state index contributed by atoms with van der Waals surface area (Å²) in [5.74, 6) is 0.00500. The van der Waals surface area contributed by atoms with Crippen molar-refractivity contribution in [2.45, 2.75) is 12.0 Å². The van der Waals surface area contributed by atoms with Crippen LogP contribution in [0.15, 0.2) is 29.0 Å². The molecule has 0 saturated heterocycles. The van der Waals surface area contributed by atoms with Crippen LogP contribution in [0.5, 0.6) is 0 Å². The monoisotopic (exact) mass is 365 g/mol. The first-order chi connectivity index (χ1) is 7.72. The quantitative estimate of drug-likeness (QED) is 0.818. The Morgan fingerprint density at radius 1 is 1.44 bits per heavy atom. The molecule has 5 heteroatoms. The van der Waals surface area contributed by atoms with Gasteiger partial charge in [-0.1, -0.05) is 6.07 Å². The summed E-state index contributed by atoms with van der Waals surface area (Å²) in [6.07, 6.45) is -0.497. The Bertz CT molecular complexity index is 441. The van der Waals surface area contributed by atoms with Crippen molar-refractivity contribution in [3.63, 3.8) is 0 Å². The molecule has 0 aliphatic carbocycles. The summed E-state index contributed by atoms with van der Waals surface area (Å²) < 4.78 is 1.19. The Balaban J connectivity index is 2.22. The SMILES string of the molecule is NCC(c1cccs1)C(O)c1csc(I)c1. The summed E-state index contributed by atoms with van der Waals surface area (Å²) in [7, 11) is 0. The number of aliphatic hydroxyl groups is 1. The first-order valence-electron chi connectivity index (χ1n) is 4.88. The number of rotatable bonds is 4. The van der Waals surface area contributed by atoms with Crippen molar-refractivity contribution in [3.8, 4) is 0 Å². The van der Waals surface area contributed by atoms with Crippen LogP contribution in [0.4, 0.5) is 0 Å². The van der Waals surface area contributed by atoms with Gasteiger partial charge < -0.3 is 10.8 Å². The van der Waals surface area contributed by atoms with E-state index in [-0.39, 0.29) is 5.92 Å². The molecule has 2 aromatic heterocycles. The number of hydrogen-bond acceptors (Lipinski definition) is 4. The largest absolute Gasteiger partial charge is 0.388 e. The van der Waals surface area contributed by atoms with Gasteiger partial charge in [-0.25, -0.2) is 0 Å². The summed E-state index contributed by atoms with van der Waals surface area (Å²) in [4.78, 5) is 1.15. The molecule has 0 saturated carbocycles. The molecule has 3 N–H and O–H groups in total. The number of halogens is 1. The molecule has 0 radical (unpaired) electrons. The van der Waals surface area contributed by atoms with Crippen molar-refractivity contribution in [2.24, 2.45) is 5.73 Å². The van der Waals surface area contributed by atoms with E-state index in [4.69, 9.17) is 5.73 Å². The van der Waals surface area contributed by atoms with Crippen LogP contribution >= 0.6 is 45.3 Å². The standard InChI is InChI=1S/C11H12INOS2/c12-10-4-7(6-16-10)11(14)8(5-13)9-2-1-3-15-9/h1-4,6,8,11,14H,5,13H2. The van der Waals surface area contributed by atoms with Crippen LogP contribution in [0.25, 0.3) is 0 Å². The zero-order valence-corrected chi connectivity index (χ0v) is 12.3. The zero-order valence-electron chi connectivity index (χ0n) is 8.47. The van der Waals surface area contributed by atoms with Crippen LogP contribution in [-0.4, -0.2) is 11.7 Å². The second-order valence-electron chi connectivity index (χ2n) is 3.49. The highest BCUT2D eigenvalue weighted by atomic mass is 127. The maximum atomic E-state index is 10.3. The highest BCUT2D eigenvalue weighted by molar-refractivity contribution is 14.1. The zero-order chi connectivity index (χ0) is 11.5. The molecule has 2 nitrogen and oxygen atoms in total. The van der Waals surface area contributed by atoms with Crippen molar-refractivity contribution in [1.29, 1.82) is 0 Å². The Morgan fingerprint density at radius 3 is 2.75 bits per heavy atom. The van der Waals surface area contributed by atoms with Gasteiger partial charge in [0.1, 0.15) is 0 Å². The normalized spacial score (nSPS) is 14.9. The highest BCUT2D eigenvalue weighted by Crippen LogP contribution is 2.34. The first kappa shape index (κ1) is 12.5. The predicted octanol–water partition coefficient (Wildman–Crippen LogP) is 3.19. The predicted molar refractivity (Wildman–Crippen MR) is 78.1 cm³/mol. The van der Waals surface area contributed by atoms with Gasteiger partial charge in [0, 0.05) is 17.3 Å². The number of aliphatic hydroxyl groups excluding tert-OH is 1. The number of thiophene rings is 2. The lowest BCUT2D eigenvalue weighted by atomic mass is 9.96. The Hall–Kier alpha value is 0.0500. The van der Waals surface area contributed by atoms with Gasteiger partial charge in [0.2, 0.25) is 0 Å². The fourth-order valence-corrected chi connectivity index (χ4v) is 3.89. The minimum Gasteiger partial charge on any atom is -0.388 e. The van der Waals surface area contributed by atoms with E-state index in [0.717, 1.165) is 10.4 Å². The fourth-order valence-electron chi connectivity index (χ4n) is 1.61. The Labute approximate surface area is 116 Å². The first-order valence-corrected chi connectivity index (χ1v) is 7.71. The summed E-state index contributed by atoms with van der Waals surface area (Å²) in [5, 5.41) is 14.3. The lowest BCUT2D eigenvalue weighted by Gasteiger charge is -2.19. The number of nitrogens with two attached hydrogens (primary N) is 1. The van der Waals surface area contributed by atoms with E-state index >= 15 is 0 Å². The highest BCUT2D eigenvalue weighted by Gasteiger charge is 2.23. The Kier molecular flexibility index (Phi) is 4.37. The van der Waals surface area contributed by atoms with Gasteiger partial charge in [-0.2, -0.15) is 0 Å². The third kappa shape index (κ3) is 2.65. The third-order valence-electron chi connectivity index (χ3n) is 2.47. The van der Waals surface area contributed by atoms with Crippen LogP contribution in [0.1, 0.15) is 22.5 Å². The lowest BCUT2D eigenvalue weighted by Crippen LogP contribution is -2.18. The lowest BCUT2D eigenvalue weighted by molar-refractivity contribution is 0.149. The van der Waals surface area contributed by atoms with E-state index in [9.17, 15) is 5.11 Å². The molecular formula is C11H12INOS2. The third-order valence-corrected chi connectivity index (χ3v) is 5.28. The minimum atomic E-state index is -0.497. The molecule has 2 heterocycles. The molecule has 2 unspecified atom stereocenters. The minimum absolute atomic E-state index is 0.00500. The topological polar surface area (TPSA) is 46.2 Å². The molecule has 2 atom stereocenters. The van der Waals surface area contributed by atoms with Crippen molar-refractivity contribution in [2.75, 3.05) is 6.54 Å². The van der Waals surface area contributed by atoms with Gasteiger partial charge in [-0.3, -0.25) is 0 Å². The Morgan fingerprint density at radius 2 is 2.25 bits per heavy atom. The smallest absolute Gasteiger partial charge is 0.0887 e. The van der Waals surface area contributed by atoms with Crippen LogP contribution in [-0.2, 0) is 0 Å². The van der Waals surface area contributed by atoms with E-state index in [1.165, 1.54) is 2.88 Å². The van der Waals surface area contributed by atoms with Crippen LogP contribution < -0.4 is 5.73 Å². The molecule has 0 bridgehead atoms. The summed E-state index contributed by atoms with van der Waals surface area (Å²) >= 11 is 5.56. The van der Waals surface area contributed by atoms with Gasteiger partial charge in [0.25, 0.3) is 0 Å². The van der Waals surface area contributed by atoms with Crippen LogP contribution in [0.3, 0.4) is 0 Å². The summed E-state index contributed by atoms with van der Waals surface area (Å²) in [5.41, 5.74) is 6.73. The summed E-state index contributed by atoms with van der Waals surface area (Å²) in [6, 6.07) is 6.04. The molecule has 0 fully saturated rings. The van der Waals surface area contributed by atoms with E-state index in [0.29, 0.717) is 6.54 Å². The van der Waals surface area contributed by atoms with Crippen molar-refractivity contribution in [1.82, 2.24) is 0 Å². The fraction of sp³-hybridized carbons (Fsp3) is 0.273. The summed E-state index contributed by atoms with van der Waals surface area (Å²) in [6.45, 7) is 0.466. The molecule has 0 aliphatic rings.